The van der Waals surface area contributed by atoms with Gasteiger partial charge in [0.1, 0.15) is 5.78 Å². The third-order valence-corrected chi connectivity index (χ3v) is 12.3. The van der Waals surface area contributed by atoms with Gasteiger partial charge in [-0.05, 0) is 49.8 Å². The Morgan fingerprint density at radius 1 is 1.07 bits per heavy atom. The van der Waals surface area contributed by atoms with Crippen LogP contribution in [0.15, 0.2) is 24.3 Å². The van der Waals surface area contributed by atoms with Crippen LogP contribution in [0, 0.1) is 22.7 Å². The van der Waals surface area contributed by atoms with Crippen molar-refractivity contribution in [2.75, 3.05) is 29.5 Å². The number of hydrogen-bond donors (Lipinski definition) is 0. The molecule has 1 saturated heterocycles. The van der Waals surface area contributed by atoms with E-state index in [9.17, 15) is 27.3 Å². The summed E-state index contributed by atoms with van der Waals surface area (Å²) in [5, 5.41) is 10.3. The Hall–Kier alpha value is -2.38. The van der Waals surface area contributed by atoms with Crippen molar-refractivity contribution >= 4 is 32.6 Å². The summed E-state index contributed by atoms with van der Waals surface area (Å²) in [4.78, 5) is 21.6. The standard InChI is InChI=1S/C30H35F2N3O3S2/c31-30(32)10-9-21(17-30)28-34-26(24-4-2-1-3-23(24)25(36)18-29(19-33)11-12-29)27(39-28)20-5-7-22(8-6-20)35-13-15-40(37,38)16-14-35/h5-8,21,23-24H,1-4,9-18H2/t21?,23-,24-/m1/s1. The van der Waals surface area contributed by atoms with Crippen LogP contribution in [-0.4, -0.2) is 49.7 Å². The van der Waals surface area contributed by atoms with E-state index >= 15 is 0 Å². The Bertz CT molecular complexity index is 1410. The van der Waals surface area contributed by atoms with Gasteiger partial charge in [-0.2, -0.15) is 5.26 Å². The fourth-order valence-corrected chi connectivity index (χ4v) is 9.20. The van der Waals surface area contributed by atoms with Gasteiger partial charge < -0.3 is 4.90 Å². The Labute approximate surface area is 238 Å². The topological polar surface area (TPSA) is 91.1 Å². The highest BCUT2D eigenvalue weighted by Gasteiger charge is 2.48. The van der Waals surface area contributed by atoms with Crippen LogP contribution in [0.25, 0.3) is 10.4 Å². The summed E-state index contributed by atoms with van der Waals surface area (Å²) in [7, 11) is -2.98. The van der Waals surface area contributed by atoms with E-state index in [0.29, 0.717) is 25.9 Å². The van der Waals surface area contributed by atoms with Crippen LogP contribution in [0.4, 0.5) is 14.5 Å². The normalized spacial score (nSPS) is 28.6. The molecule has 214 valence electrons. The van der Waals surface area contributed by atoms with Crippen molar-refractivity contribution < 1.29 is 22.0 Å². The van der Waals surface area contributed by atoms with Gasteiger partial charge in [0.05, 0.1) is 38.6 Å². The molecule has 1 aliphatic heterocycles. The molecule has 1 aromatic carbocycles. The second kappa shape index (κ2) is 10.5. The van der Waals surface area contributed by atoms with Gasteiger partial charge in [-0.1, -0.05) is 25.0 Å². The van der Waals surface area contributed by atoms with Gasteiger partial charge in [0, 0.05) is 55.8 Å². The largest absolute Gasteiger partial charge is 0.369 e. The number of nitrogens with zero attached hydrogens (tertiary/aromatic N) is 3. The van der Waals surface area contributed by atoms with Crippen LogP contribution >= 0.6 is 11.3 Å². The fourth-order valence-electron chi connectivity index (χ4n) is 6.72. The van der Waals surface area contributed by atoms with Crippen LogP contribution in [-0.2, 0) is 14.6 Å². The monoisotopic (exact) mass is 587 g/mol. The van der Waals surface area contributed by atoms with Crippen LogP contribution in [0.5, 0.6) is 0 Å². The number of benzene rings is 1. The number of thiazole rings is 1. The molecular weight excluding hydrogens is 552 g/mol. The number of anilines is 1. The zero-order valence-electron chi connectivity index (χ0n) is 22.6. The molecule has 1 unspecified atom stereocenters. The summed E-state index contributed by atoms with van der Waals surface area (Å²) in [5.74, 6) is -2.79. The molecule has 6 rings (SSSR count). The van der Waals surface area contributed by atoms with Gasteiger partial charge >= 0.3 is 0 Å². The number of aromatic nitrogens is 1. The average molecular weight is 588 g/mol. The number of carbonyl (C=O) groups is 1. The molecule has 0 bridgehead atoms. The molecule has 0 N–H and O–H groups in total. The van der Waals surface area contributed by atoms with Crippen molar-refractivity contribution in [1.82, 2.24) is 4.98 Å². The second-order valence-electron chi connectivity index (χ2n) is 12.3. The molecule has 2 aromatic rings. The highest BCUT2D eigenvalue weighted by molar-refractivity contribution is 7.91. The number of Topliss-reactive ketones (excluding diaryl/α,β-unsaturated/α-hetero) is 1. The molecule has 3 saturated carbocycles. The first kappa shape index (κ1) is 27.8. The Kier molecular flexibility index (Phi) is 7.27. The maximum Gasteiger partial charge on any atom is 0.248 e. The van der Waals surface area contributed by atoms with Crippen LogP contribution in [0.3, 0.4) is 0 Å². The lowest BCUT2D eigenvalue weighted by molar-refractivity contribution is -0.125. The first-order valence-corrected chi connectivity index (χ1v) is 17.1. The molecule has 0 spiro atoms. The summed E-state index contributed by atoms with van der Waals surface area (Å²) in [6.07, 6.45) is 5.52. The number of halogens is 2. The van der Waals surface area contributed by atoms with Gasteiger partial charge in [0.2, 0.25) is 5.92 Å². The quantitative estimate of drug-likeness (QED) is 0.368. The lowest BCUT2D eigenvalue weighted by Gasteiger charge is -2.31. The minimum absolute atomic E-state index is 0.0790. The number of hydrogen-bond acceptors (Lipinski definition) is 7. The second-order valence-corrected chi connectivity index (χ2v) is 15.6. The molecule has 6 nitrogen and oxygen atoms in total. The van der Waals surface area contributed by atoms with Crippen molar-refractivity contribution in [3.8, 4) is 16.5 Å². The summed E-state index contributed by atoms with van der Waals surface area (Å²) in [6, 6.07) is 10.4. The van der Waals surface area contributed by atoms with E-state index < -0.39 is 21.2 Å². The van der Waals surface area contributed by atoms with Crippen molar-refractivity contribution in [3.63, 3.8) is 0 Å². The zero-order chi connectivity index (χ0) is 28.1. The highest BCUT2D eigenvalue weighted by Crippen LogP contribution is 2.52. The molecule has 0 amide bonds. The van der Waals surface area contributed by atoms with E-state index in [4.69, 9.17) is 4.98 Å². The molecule has 4 fully saturated rings. The lowest BCUT2D eigenvalue weighted by atomic mass is 9.73. The van der Waals surface area contributed by atoms with E-state index in [1.165, 1.54) is 11.3 Å². The van der Waals surface area contributed by atoms with Gasteiger partial charge in [0.25, 0.3) is 0 Å². The number of nitriles is 1. The van der Waals surface area contributed by atoms with Crippen LogP contribution in [0.2, 0.25) is 0 Å². The van der Waals surface area contributed by atoms with Crippen molar-refractivity contribution in [3.05, 3.63) is 35.0 Å². The fraction of sp³-hybridized carbons (Fsp3) is 0.633. The maximum absolute atomic E-state index is 14.2. The van der Waals surface area contributed by atoms with Gasteiger partial charge in [-0.25, -0.2) is 22.2 Å². The molecule has 40 heavy (non-hydrogen) atoms. The van der Waals surface area contributed by atoms with Gasteiger partial charge in [-0.3, -0.25) is 4.79 Å². The van der Waals surface area contributed by atoms with Crippen LogP contribution in [0.1, 0.15) is 86.7 Å². The Balaban J connectivity index is 1.32. The molecule has 10 heteroatoms. The number of sulfone groups is 1. The molecule has 4 aliphatic rings. The van der Waals surface area contributed by atoms with Gasteiger partial charge in [-0.15, -0.1) is 11.3 Å². The number of ketones is 1. The maximum atomic E-state index is 14.2. The molecular formula is C30H35F2N3O3S2. The van der Waals surface area contributed by atoms with Crippen LogP contribution < -0.4 is 4.90 Å². The van der Waals surface area contributed by atoms with Gasteiger partial charge in [0.15, 0.2) is 9.84 Å². The first-order chi connectivity index (χ1) is 19.1. The van der Waals surface area contributed by atoms with E-state index in [0.717, 1.165) is 65.4 Å². The lowest BCUT2D eigenvalue weighted by Crippen LogP contribution is -2.40. The molecule has 0 radical (unpaired) electrons. The average Bonchev–Trinajstić information content (AvgIpc) is 3.41. The van der Waals surface area contributed by atoms with E-state index in [1.807, 2.05) is 24.3 Å². The first-order valence-electron chi connectivity index (χ1n) is 14.5. The highest BCUT2D eigenvalue weighted by atomic mass is 32.2. The van der Waals surface area contributed by atoms with Crippen molar-refractivity contribution in [2.24, 2.45) is 11.3 Å². The third-order valence-electron chi connectivity index (χ3n) is 9.40. The molecule has 3 atom stereocenters. The number of alkyl halides is 2. The minimum Gasteiger partial charge on any atom is -0.369 e. The molecule has 2 heterocycles. The minimum atomic E-state index is -2.98. The third kappa shape index (κ3) is 5.69. The summed E-state index contributed by atoms with van der Waals surface area (Å²) < 4.78 is 52.0. The number of carbonyl (C=O) groups excluding carboxylic acids is 1. The number of rotatable bonds is 7. The van der Waals surface area contributed by atoms with Crippen molar-refractivity contribution in [2.45, 2.75) is 82.0 Å². The summed E-state index contributed by atoms with van der Waals surface area (Å²) in [5.41, 5.74) is 2.27. The van der Waals surface area contributed by atoms with E-state index in [1.54, 1.807) is 0 Å². The molecule has 1 aromatic heterocycles. The Morgan fingerprint density at radius 2 is 1.77 bits per heavy atom. The Morgan fingerprint density at radius 3 is 2.40 bits per heavy atom. The molecule has 3 aliphatic carbocycles. The van der Waals surface area contributed by atoms with E-state index in [-0.39, 0.29) is 47.9 Å². The zero-order valence-corrected chi connectivity index (χ0v) is 24.2. The van der Waals surface area contributed by atoms with E-state index in [2.05, 4.69) is 11.0 Å². The predicted octanol–water partition coefficient (Wildman–Crippen LogP) is 6.48. The van der Waals surface area contributed by atoms with Crippen molar-refractivity contribution in [1.29, 1.82) is 5.26 Å². The summed E-state index contributed by atoms with van der Waals surface area (Å²) in [6.45, 7) is 0.924. The smallest absolute Gasteiger partial charge is 0.248 e. The summed E-state index contributed by atoms with van der Waals surface area (Å²) >= 11 is 1.49. The predicted molar refractivity (Wildman–Crippen MR) is 152 cm³/mol. The SMILES string of the molecule is N#CC1(CC(=O)[C@@H]2CCCC[C@H]2c2nc(C3CCC(F)(F)C3)sc2-c2ccc(N3CCS(=O)(=O)CC3)cc2)CC1.